The highest BCUT2D eigenvalue weighted by atomic mass is 79.9. The van der Waals surface area contributed by atoms with Crippen molar-refractivity contribution in [2.45, 2.75) is 31.7 Å². The molecule has 0 atom stereocenters. The van der Waals surface area contributed by atoms with Crippen LogP contribution in [0.5, 0.6) is 0 Å². The summed E-state index contributed by atoms with van der Waals surface area (Å²) < 4.78 is 14.7. The van der Waals surface area contributed by atoms with Crippen molar-refractivity contribution in [2.75, 3.05) is 11.9 Å². The molecule has 3 nitrogen and oxygen atoms in total. The fraction of sp³-hybridized carbons (Fsp3) is 0.500. The van der Waals surface area contributed by atoms with Gasteiger partial charge in [-0.2, -0.15) is 0 Å². The van der Waals surface area contributed by atoms with Gasteiger partial charge in [-0.15, -0.1) is 0 Å². The van der Waals surface area contributed by atoms with Crippen LogP contribution in [0.3, 0.4) is 0 Å². The van der Waals surface area contributed by atoms with Crippen LogP contribution in [-0.4, -0.2) is 24.2 Å². The first-order valence-corrected chi connectivity index (χ1v) is 7.19. The summed E-state index contributed by atoms with van der Waals surface area (Å²) >= 11 is 3.35. The third-order valence-corrected chi connectivity index (χ3v) is 4.38. The molecule has 1 aliphatic carbocycles. The van der Waals surface area contributed by atoms with Crippen molar-refractivity contribution in [1.82, 2.24) is 0 Å². The van der Waals surface area contributed by atoms with Gasteiger partial charge in [0, 0.05) is 17.6 Å². The number of carbonyl (C=O) groups is 1. The van der Waals surface area contributed by atoms with Gasteiger partial charge in [-0.1, -0.05) is 15.9 Å². The van der Waals surface area contributed by atoms with Gasteiger partial charge in [-0.25, -0.2) is 4.39 Å². The third kappa shape index (κ3) is 3.26. The molecule has 0 spiro atoms. The van der Waals surface area contributed by atoms with Crippen LogP contribution in [-0.2, 0) is 4.79 Å². The smallest absolute Gasteiger partial charge is 0.306 e. The van der Waals surface area contributed by atoms with Gasteiger partial charge >= 0.3 is 5.97 Å². The number of rotatable bonds is 3. The molecule has 0 heterocycles. The summed E-state index contributed by atoms with van der Waals surface area (Å²) in [5, 5.41) is 8.98. The summed E-state index contributed by atoms with van der Waals surface area (Å²) in [4.78, 5) is 12.8. The van der Waals surface area contributed by atoms with E-state index in [4.69, 9.17) is 5.11 Å². The van der Waals surface area contributed by atoms with Gasteiger partial charge < -0.3 is 10.0 Å². The lowest BCUT2D eigenvalue weighted by Gasteiger charge is -2.35. The molecule has 0 aliphatic heterocycles. The van der Waals surface area contributed by atoms with Crippen molar-refractivity contribution in [3.63, 3.8) is 0 Å². The fourth-order valence-corrected chi connectivity index (χ4v) is 3.01. The Kier molecular flexibility index (Phi) is 4.45. The van der Waals surface area contributed by atoms with Crippen LogP contribution < -0.4 is 4.90 Å². The zero-order valence-electron chi connectivity index (χ0n) is 10.8. The predicted octanol–water partition coefficient (Wildman–Crippen LogP) is 3.67. The normalized spacial score (nSPS) is 23.1. The van der Waals surface area contributed by atoms with Crippen LogP contribution in [0.1, 0.15) is 25.7 Å². The van der Waals surface area contributed by atoms with Crippen LogP contribution in [0.15, 0.2) is 22.7 Å². The number of benzene rings is 1. The lowest BCUT2D eigenvalue weighted by Crippen LogP contribution is -2.37. The Labute approximate surface area is 120 Å². The van der Waals surface area contributed by atoms with Gasteiger partial charge in [0.25, 0.3) is 0 Å². The minimum atomic E-state index is -0.713. The molecule has 2 rings (SSSR count). The van der Waals surface area contributed by atoms with Crippen LogP contribution in [0.4, 0.5) is 10.1 Å². The molecule has 0 aromatic heterocycles. The SMILES string of the molecule is CN(c1cc(Br)ccc1F)C1CCC(C(=O)O)CC1. The van der Waals surface area contributed by atoms with E-state index in [-0.39, 0.29) is 17.8 Å². The highest BCUT2D eigenvalue weighted by Gasteiger charge is 2.28. The second-order valence-electron chi connectivity index (χ2n) is 5.05. The molecule has 5 heteroatoms. The highest BCUT2D eigenvalue weighted by molar-refractivity contribution is 9.10. The molecular formula is C14H17BrFNO2. The first kappa shape index (κ1) is 14.3. The number of hydrogen-bond acceptors (Lipinski definition) is 2. The molecule has 0 radical (unpaired) electrons. The maximum atomic E-state index is 13.8. The number of nitrogens with zero attached hydrogens (tertiary/aromatic N) is 1. The molecule has 104 valence electrons. The van der Waals surface area contributed by atoms with Crippen LogP contribution in [0.25, 0.3) is 0 Å². The molecule has 0 amide bonds. The molecule has 19 heavy (non-hydrogen) atoms. The lowest BCUT2D eigenvalue weighted by molar-refractivity contribution is -0.142. The number of hydrogen-bond donors (Lipinski definition) is 1. The fourth-order valence-electron chi connectivity index (χ4n) is 2.66. The quantitative estimate of drug-likeness (QED) is 0.919. The van der Waals surface area contributed by atoms with Crippen molar-refractivity contribution in [3.05, 3.63) is 28.5 Å². The van der Waals surface area contributed by atoms with Gasteiger partial charge in [-0.05, 0) is 43.9 Å². The van der Waals surface area contributed by atoms with E-state index in [1.165, 1.54) is 6.07 Å². The first-order valence-electron chi connectivity index (χ1n) is 6.39. The standard InChI is InChI=1S/C14H17BrFNO2/c1-17(13-8-10(15)4-7-12(13)16)11-5-2-9(3-6-11)14(18)19/h4,7-9,11H,2-3,5-6H2,1H3,(H,18,19). The summed E-state index contributed by atoms with van der Waals surface area (Å²) in [6.07, 6.45) is 2.92. The Morgan fingerprint density at radius 1 is 1.37 bits per heavy atom. The maximum Gasteiger partial charge on any atom is 0.306 e. The van der Waals surface area contributed by atoms with Crippen molar-refractivity contribution in [2.24, 2.45) is 5.92 Å². The summed E-state index contributed by atoms with van der Waals surface area (Å²) in [5.74, 6) is -1.20. The van der Waals surface area contributed by atoms with Gasteiger partial charge in [-0.3, -0.25) is 4.79 Å². The minimum Gasteiger partial charge on any atom is -0.481 e. The van der Waals surface area contributed by atoms with E-state index in [9.17, 15) is 9.18 Å². The topological polar surface area (TPSA) is 40.5 Å². The molecule has 0 bridgehead atoms. The van der Waals surface area contributed by atoms with Crippen LogP contribution >= 0.6 is 15.9 Å². The highest BCUT2D eigenvalue weighted by Crippen LogP contribution is 2.32. The summed E-state index contributed by atoms with van der Waals surface area (Å²) in [7, 11) is 1.87. The van der Waals surface area contributed by atoms with E-state index >= 15 is 0 Å². The molecule has 1 aromatic carbocycles. The number of carboxylic acids is 1. The summed E-state index contributed by atoms with van der Waals surface area (Å²) in [6.45, 7) is 0. The molecule has 1 aliphatic rings. The second kappa shape index (κ2) is 5.90. The average molecular weight is 330 g/mol. The number of carboxylic acid groups (broad SMARTS) is 1. The van der Waals surface area contributed by atoms with Crippen molar-refractivity contribution in [3.8, 4) is 0 Å². The van der Waals surface area contributed by atoms with E-state index in [1.54, 1.807) is 12.1 Å². The number of aliphatic carboxylic acids is 1. The monoisotopic (exact) mass is 329 g/mol. The number of anilines is 1. The summed E-state index contributed by atoms with van der Waals surface area (Å²) in [6, 6.07) is 5.09. The van der Waals surface area contributed by atoms with Gasteiger partial charge in [0.2, 0.25) is 0 Å². The average Bonchev–Trinajstić information content (AvgIpc) is 2.41. The van der Waals surface area contributed by atoms with E-state index in [0.717, 1.165) is 17.3 Å². The van der Waals surface area contributed by atoms with Gasteiger partial charge in [0.1, 0.15) is 5.82 Å². The van der Waals surface area contributed by atoms with Crippen molar-refractivity contribution in [1.29, 1.82) is 0 Å². The van der Waals surface area contributed by atoms with Crippen molar-refractivity contribution < 1.29 is 14.3 Å². The van der Waals surface area contributed by atoms with E-state index in [0.29, 0.717) is 18.5 Å². The zero-order chi connectivity index (χ0) is 14.0. The minimum absolute atomic E-state index is 0.208. The summed E-state index contributed by atoms with van der Waals surface area (Å²) in [5.41, 5.74) is 0.563. The molecule has 1 saturated carbocycles. The number of halogens is 2. The van der Waals surface area contributed by atoms with E-state index in [2.05, 4.69) is 15.9 Å². The van der Waals surface area contributed by atoms with E-state index < -0.39 is 5.97 Å². The molecule has 0 unspecified atom stereocenters. The van der Waals surface area contributed by atoms with E-state index in [1.807, 2.05) is 11.9 Å². The first-order chi connectivity index (χ1) is 8.99. The molecule has 1 fully saturated rings. The van der Waals surface area contributed by atoms with Crippen LogP contribution in [0.2, 0.25) is 0 Å². The maximum absolute atomic E-state index is 13.8. The van der Waals surface area contributed by atoms with Gasteiger partial charge in [0.15, 0.2) is 0 Å². The van der Waals surface area contributed by atoms with Crippen LogP contribution in [0, 0.1) is 11.7 Å². The molecule has 1 aromatic rings. The predicted molar refractivity (Wildman–Crippen MR) is 75.9 cm³/mol. The Hall–Kier alpha value is -1.10. The molecule has 1 N–H and O–H groups in total. The third-order valence-electron chi connectivity index (χ3n) is 3.88. The second-order valence-corrected chi connectivity index (χ2v) is 5.97. The van der Waals surface area contributed by atoms with Gasteiger partial charge in [0.05, 0.1) is 11.6 Å². The Balaban J connectivity index is 2.07. The Morgan fingerprint density at radius 2 is 2.00 bits per heavy atom. The largest absolute Gasteiger partial charge is 0.481 e. The lowest BCUT2D eigenvalue weighted by atomic mass is 9.85. The molecule has 0 saturated heterocycles. The zero-order valence-corrected chi connectivity index (χ0v) is 12.4. The molecular weight excluding hydrogens is 313 g/mol. The van der Waals surface area contributed by atoms with Crippen molar-refractivity contribution >= 4 is 27.6 Å². The Bertz CT molecular complexity index is 473. The Morgan fingerprint density at radius 3 is 2.58 bits per heavy atom.